The van der Waals surface area contributed by atoms with E-state index in [0.717, 1.165) is 11.8 Å². The first-order chi connectivity index (χ1) is 8.78. The minimum absolute atomic E-state index is 0.252. The highest BCUT2D eigenvalue weighted by Crippen LogP contribution is 2.05. The zero-order valence-corrected chi connectivity index (χ0v) is 11.5. The van der Waals surface area contributed by atoms with Gasteiger partial charge >= 0.3 is 0 Å². The molecule has 0 radical (unpaired) electrons. The molecule has 4 nitrogen and oxygen atoms in total. The lowest BCUT2D eigenvalue weighted by Gasteiger charge is -2.10. The molecule has 0 saturated heterocycles. The van der Waals surface area contributed by atoms with Gasteiger partial charge in [-0.3, -0.25) is 5.26 Å². The Morgan fingerprint density at radius 3 is 2.21 bits per heavy atom. The van der Waals surface area contributed by atoms with Gasteiger partial charge < -0.3 is 11.1 Å². The van der Waals surface area contributed by atoms with E-state index in [1.807, 2.05) is 0 Å². The van der Waals surface area contributed by atoms with Crippen molar-refractivity contribution < 1.29 is 14.5 Å². The number of hydrogen-bond donors (Lipinski definition) is 3. The number of nitrogens with one attached hydrogen (secondary N) is 1. The van der Waals surface area contributed by atoms with Crippen LogP contribution >= 0.6 is 0 Å². The lowest BCUT2D eigenvalue weighted by atomic mass is 10.1. The Balaban J connectivity index is 0.000000459. The molecule has 0 bridgehead atoms. The van der Waals surface area contributed by atoms with Gasteiger partial charge in [0.25, 0.3) is 0 Å². The molecule has 0 amide bonds. The van der Waals surface area contributed by atoms with Crippen molar-refractivity contribution in [3.05, 3.63) is 47.4 Å². The molecule has 1 aromatic rings. The van der Waals surface area contributed by atoms with E-state index in [1.54, 1.807) is 32.9 Å². The van der Waals surface area contributed by atoms with Crippen LogP contribution in [0.1, 0.15) is 26.3 Å². The molecular weight excluding hydrogens is 247 g/mol. The summed E-state index contributed by atoms with van der Waals surface area (Å²) in [5, 5.41) is 14.7. The Morgan fingerprint density at radius 1 is 1.37 bits per heavy atom. The smallest absolute Gasteiger partial charge is 0.123 e. The second kappa shape index (κ2) is 8.39. The fourth-order valence-electron chi connectivity index (χ4n) is 1.00. The molecule has 0 unspecified atom stereocenters. The summed E-state index contributed by atoms with van der Waals surface area (Å²) in [6.45, 7) is 5.31. The van der Waals surface area contributed by atoms with Gasteiger partial charge in [-0.25, -0.2) is 9.28 Å². The second-order valence-electron chi connectivity index (χ2n) is 4.92. The summed E-state index contributed by atoms with van der Waals surface area (Å²) in [6, 6.07) is 6.15. The molecule has 19 heavy (non-hydrogen) atoms. The standard InChI is InChI=1S/C10H11FN2.C4H10O2/c11-9-3-1-8(2-4-9)7-10(13)5-6-12;1-4(2,3)6-5/h1-6,12H,7,13H2;5H,1-3H3/b10-5-,12-6?;. The van der Waals surface area contributed by atoms with E-state index >= 15 is 0 Å². The van der Waals surface area contributed by atoms with Gasteiger partial charge in [0.2, 0.25) is 0 Å². The number of rotatable bonds is 3. The Bertz CT molecular complexity index is 408. The molecule has 4 N–H and O–H groups in total. The van der Waals surface area contributed by atoms with Crippen molar-refractivity contribution in [3.63, 3.8) is 0 Å². The van der Waals surface area contributed by atoms with Crippen LogP contribution in [0.4, 0.5) is 4.39 Å². The average molecular weight is 268 g/mol. The first-order valence-corrected chi connectivity index (χ1v) is 5.80. The molecule has 0 aromatic heterocycles. The van der Waals surface area contributed by atoms with Crippen molar-refractivity contribution in [1.82, 2.24) is 0 Å². The molecule has 0 aliphatic carbocycles. The van der Waals surface area contributed by atoms with E-state index in [4.69, 9.17) is 16.4 Å². The number of allylic oxidation sites excluding steroid dienone is 2. The van der Waals surface area contributed by atoms with Gasteiger partial charge in [0.15, 0.2) is 0 Å². The Morgan fingerprint density at radius 2 is 1.84 bits per heavy atom. The molecule has 1 aromatic carbocycles. The normalized spacial score (nSPS) is 11.5. The van der Waals surface area contributed by atoms with Crippen LogP contribution < -0.4 is 5.73 Å². The summed E-state index contributed by atoms with van der Waals surface area (Å²) in [7, 11) is 0. The highest BCUT2D eigenvalue weighted by molar-refractivity contribution is 5.68. The fourth-order valence-corrected chi connectivity index (χ4v) is 1.00. The van der Waals surface area contributed by atoms with Gasteiger partial charge in [0.05, 0.1) is 5.60 Å². The zero-order chi connectivity index (χ0) is 14.9. The zero-order valence-electron chi connectivity index (χ0n) is 11.5. The van der Waals surface area contributed by atoms with Crippen molar-refractivity contribution >= 4 is 6.21 Å². The first-order valence-electron chi connectivity index (χ1n) is 5.80. The van der Waals surface area contributed by atoms with Gasteiger partial charge in [-0.2, -0.15) is 0 Å². The SMILES string of the molecule is CC(C)(C)OO.N=C/C=C(\N)Cc1ccc(F)cc1. The van der Waals surface area contributed by atoms with Gasteiger partial charge in [0, 0.05) is 18.3 Å². The highest BCUT2D eigenvalue weighted by Gasteiger charge is 2.07. The predicted molar refractivity (Wildman–Crippen MR) is 74.6 cm³/mol. The van der Waals surface area contributed by atoms with Crippen LogP contribution in [-0.4, -0.2) is 17.1 Å². The molecule has 0 saturated carbocycles. The molecule has 5 heteroatoms. The summed E-state index contributed by atoms with van der Waals surface area (Å²) in [4.78, 5) is 3.94. The molecule has 0 atom stereocenters. The van der Waals surface area contributed by atoms with Crippen molar-refractivity contribution in [1.29, 1.82) is 5.41 Å². The van der Waals surface area contributed by atoms with Crippen molar-refractivity contribution in [3.8, 4) is 0 Å². The number of hydrogen-bond acceptors (Lipinski definition) is 4. The molecular formula is C14H21FN2O2. The Kier molecular flexibility index (Phi) is 7.63. The molecule has 0 aliphatic heterocycles. The third-order valence-corrected chi connectivity index (χ3v) is 1.89. The largest absolute Gasteiger partial charge is 0.402 e. The fraction of sp³-hybridized carbons (Fsp3) is 0.357. The van der Waals surface area contributed by atoms with Crippen molar-refractivity contribution in [2.45, 2.75) is 32.8 Å². The molecule has 1 rings (SSSR count). The minimum atomic E-state index is -0.403. The lowest BCUT2D eigenvalue weighted by Crippen LogP contribution is -2.15. The topological polar surface area (TPSA) is 79.3 Å². The van der Waals surface area contributed by atoms with Crippen molar-refractivity contribution in [2.75, 3.05) is 0 Å². The van der Waals surface area contributed by atoms with Crippen LogP contribution in [0.2, 0.25) is 0 Å². The van der Waals surface area contributed by atoms with E-state index < -0.39 is 5.60 Å². The van der Waals surface area contributed by atoms with E-state index in [-0.39, 0.29) is 5.82 Å². The van der Waals surface area contributed by atoms with Crippen LogP contribution in [0.15, 0.2) is 36.0 Å². The van der Waals surface area contributed by atoms with E-state index in [9.17, 15) is 4.39 Å². The van der Waals surface area contributed by atoms with Crippen LogP contribution in [0.25, 0.3) is 0 Å². The number of halogens is 1. The third kappa shape index (κ3) is 9.93. The van der Waals surface area contributed by atoms with Crippen LogP contribution in [-0.2, 0) is 11.3 Å². The maximum absolute atomic E-state index is 12.5. The third-order valence-electron chi connectivity index (χ3n) is 1.89. The monoisotopic (exact) mass is 268 g/mol. The molecule has 0 aliphatic rings. The summed E-state index contributed by atoms with van der Waals surface area (Å²) in [5.41, 5.74) is 6.71. The summed E-state index contributed by atoms with van der Waals surface area (Å²) >= 11 is 0. The van der Waals surface area contributed by atoms with Crippen molar-refractivity contribution in [2.24, 2.45) is 5.73 Å². The quantitative estimate of drug-likeness (QED) is 0.447. The van der Waals surface area contributed by atoms with Gasteiger partial charge in [-0.05, 0) is 44.5 Å². The average Bonchev–Trinajstić information content (AvgIpc) is 2.32. The van der Waals surface area contributed by atoms with Crippen LogP contribution in [0.5, 0.6) is 0 Å². The van der Waals surface area contributed by atoms with Crippen LogP contribution in [0.3, 0.4) is 0 Å². The predicted octanol–water partition coefficient (Wildman–Crippen LogP) is 3.13. The minimum Gasteiger partial charge on any atom is -0.402 e. The van der Waals surface area contributed by atoms with Gasteiger partial charge in [-0.15, -0.1) is 0 Å². The molecule has 0 spiro atoms. The van der Waals surface area contributed by atoms with Crippen LogP contribution in [0, 0.1) is 11.2 Å². The summed E-state index contributed by atoms with van der Waals surface area (Å²) in [5.74, 6) is -0.252. The Labute approximate surface area is 113 Å². The Hall–Kier alpha value is -1.72. The maximum Gasteiger partial charge on any atom is 0.123 e. The summed E-state index contributed by atoms with van der Waals surface area (Å²) in [6.07, 6.45) is 3.21. The number of nitrogens with two attached hydrogens (primary N) is 1. The molecule has 0 fully saturated rings. The first kappa shape index (κ1) is 17.3. The van der Waals surface area contributed by atoms with E-state index in [0.29, 0.717) is 12.1 Å². The number of benzene rings is 1. The maximum atomic E-state index is 12.5. The molecule has 106 valence electrons. The second-order valence-corrected chi connectivity index (χ2v) is 4.92. The van der Waals surface area contributed by atoms with E-state index in [2.05, 4.69) is 4.89 Å². The summed E-state index contributed by atoms with van der Waals surface area (Å²) < 4.78 is 12.5. The highest BCUT2D eigenvalue weighted by atomic mass is 19.1. The molecule has 0 heterocycles. The van der Waals surface area contributed by atoms with Gasteiger partial charge in [-0.1, -0.05) is 12.1 Å². The lowest BCUT2D eigenvalue weighted by molar-refractivity contribution is -0.306. The van der Waals surface area contributed by atoms with E-state index in [1.165, 1.54) is 18.2 Å². The van der Waals surface area contributed by atoms with Gasteiger partial charge in [0.1, 0.15) is 5.82 Å².